The molecule has 0 radical (unpaired) electrons. The number of rotatable bonds is 4. The zero-order valence-electron chi connectivity index (χ0n) is 13.1. The van der Waals surface area contributed by atoms with E-state index < -0.39 is 11.6 Å². The molecule has 1 N–H and O–H groups in total. The SMILES string of the molecule is COc1ccccc1C1=NOC(C)(C)N1NC(=O)c1ccco1. The first-order valence-corrected chi connectivity index (χ1v) is 7.07. The van der Waals surface area contributed by atoms with Crippen LogP contribution < -0.4 is 10.2 Å². The van der Waals surface area contributed by atoms with Gasteiger partial charge in [-0.25, -0.2) is 5.01 Å². The van der Waals surface area contributed by atoms with Gasteiger partial charge in [-0.2, -0.15) is 0 Å². The highest BCUT2D eigenvalue weighted by Gasteiger charge is 2.41. The van der Waals surface area contributed by atoms with Crippen molar-refractivity contribution in [2.24, 2.45) is 5.16 Å². The zero-order chi connectivity index (χ0) is 16.4. The normalized spacial score (nSPS) is 15.8. The average Bonchev–Trinajstić information content (AvgIpc) is 3.17. The van der Waals surface area contributed by atoms with Gasteiger partial charge in [-0.3, -0.25) is 10.2 Å². The van der Waals surface area contributed by atoms with E-state index in [1.165, 1.54) is 6.26 Å². The molecule has 120 valence electrons. The number of hydrogen-bond acceptors (Lipinski definition) is 6. The van der Waals surface area contributed by atoms with E-state index in [9.17, 15) is 4.79 Å². The Kier molecular flexibility index (Phi) is 3.69. The van der Waals surface area contributed by atoms with Gasteiger partial charge in [0.15, 0.2) is 5.76 Å². The third-order valence-electron chi connectivity index (χ3n) is 3.41. The molecule has 1 amide bonds. The second kappa shape index (κ2) is 5.68. The number of amidine groups is 1. The Morgan fingerprint density at radius 1 is 1.26 bits per heavy atom. The topological polar surface area (TPSA) is 76.3 Å². The van der Waals surface area contributed by atoms with Crippen LogP contribution >= 0.6 is 0 Å². The fourth-order valence-electron chi connectivity index (χ4n) is 2.24. The van der Waals surface area contributed by atoms with E-state index in [4.69, 9.17) is 14.0 Å². The molecule has 0 saturated heterocycles. The van der Waals surface area contributed by atoms with Crippen molar-refractivity contribution in [1.82, 2.24) is 10.4 Å². The molecule has 2 aromatic rings. The van der Waals surface area contributed by atoms with Crippen molar-refractivity contribution < 1.29 is 18.8 Å². The second-order valence-electron chi connectivity index (χ2n) is 5.41. The van der Waals surface area contributed by atoms with Crippen LogP contribution in [0.4, 0.5) is 0 Å². The summed E-state index contributed by atoms with van der Waals surface area (Å²) in [6, 6.07) is 10.6. The van der Waals surface area contributed by atoms with Crippen molar-refractivity contribution in [3.05, 3.63) is 54.0 Å². The highest BCUT2D eigenvalue weighted by atomic mass is 16.7. The minimum absolute atomic E-state index is 0.201. The van der Waals surface area contributed by atoms with Crippen LogP contribution in [-0.4, -0.2) is 29.6 Å². The lowest BCUT2D eigenvalue weighted by atomic mass is 10.1. The number of amides is 1. The Balaban J connectivity index is 1.92. The number of methoxy groups -OCH3 is 1. The molecule has 1 aromatic heterocycles. The maximum absolute atomic E-state index is 12.3. The molecule has 7 nitrogen and oxygen atoms in total. The average molecular weight is 315 g/mol. The van der Waals surface area contributed by atoms with Crippen molar-refractivity contribution in [1.29, 1.82) is 0 Å². The summed E-state index contributed by atoms with van der Waals surface area (Å²) in [6.45, 7) is 3.59. The van der Waals surface area contributed by atoms with Crippen LogP contribution in [0.2, 0.25) is 0 Å². The van der Waals surface area contributed by atoms with E-state index >= 15 is 0 Å². The number of furan rings is 1. The smallest absolute Gasteiger partial charge is 0.305 e. The summed E-state index contributed by atoms with van der Waals surface area (Å²) in [4.78, 5) is 17.7. The number of benzene rings is 1. The first-order chi connectivity index (χ1) is 11.0. The van der Waals surface area contributed by atoms with Gasteiger partial charge < -0.3 is 14.0 Å². The number of para-hydroxylation sites is 1. The van der Waals surface area contributed by atoms with Crippen LogP contribution in [0.25, 0.3) is 0 Å². The third kappa shape index (κ3) is 2.73. The first kappa shape index (κ1) is 15.0. The fraction of sp³-hybridized carbons (Fsp3) is 0.250. The van der Waals surface area contributed by atoms with Crippen LogP contribution in [0.1, 0.15) is 30.0 Å². The quantitative estimate of drug-likeness (QED) is 0.937. The number of nitrogens with one attached hydrogen (secondary N) is 1. The lowest BCUT2D eigenvalue weighted by Crippen LogP contribution is -2.54. The largest absolute Gasteiger partial charge is 0.496 e. The predicted molar refractivity (Wildman–Crippen MR) is 82.7 cm³/mol. The zero-order valence-corrected chi connectivity index (χ0v) is 13.1. The van der Waals surface area contributed by atoms with Crippen LogP contribution in [0.3, 0.4) is 0 Å². The Morgan fingerprint density at radius 3 is 2.74 bits per heavy atom. The van der Waals surface area contributed by atoms with E-state index in [0.717, 1.165) is 0 Å². The molecule has 0 bridgehead atoms. The molecule has 1 aliphatic rings. The predicted octanol–water partition coefficient (Wildman–Crippen LogP) is 2.36. The molecule has 2 heterocycles. The molecular formula is C16H17N3O4. The monoisotopic (exact) mass is 315 g/mol. The molecule has 1 aromatic carbocycles. The van der Waals surface area contributed by atoms with Crippen LogP contribution in [0.15, 0.2) is 52.2 Å². The third-order valence-corrected chi connectivity index (χ3v) is 3.41. The van der Waals surface area contributed by atoms with Gasteiger partial charge in [0.05, 0.1) is 18.9 Å². The molecule has 0 saturated carbocycles. The van der Waals surface area contributed by atoms with Crippen molar-refractivity contribution in [2.75, 3.05) is 7.11 Å². The standard InChI is InChI=1S/C16H17N3O4/c1-16(2)19(17-15(20)13-9-6-10-22-13)14(18-23-16)11-7-4-5-8-12(11)21-3/h4-10H,1-3H3,(H,17,20). The van der Waals surface area contributed by atoms with Crippen molar-refractivity contribution >= 4 is 11.7 Å². The Hall–Kier alpha value is -2.96. The summed E-state index contributed by atoms with van der Waals surface area (Å²) in [5, 5.41) is 5.65. The molecule has 23 heavy (non-hydrogen) atoms. The van der Waals surface area contributed by atoms with Crippen LogP contribution in [0, 0.1) is 0 Å². The summed E-state index contributed by atoms with van der Waals surface area (Å²) in [7, 11) is 1.58. The highest BCUT2D eigenvalue weighted by Crippen LogP contribution is 2.29. The molecule has 0 unspecified atom stereocenters. The van der Waals surface area contributed by atoms with Gasteiger partial charge in [-0.15, -0.1) is 0 Å². The van der Waals surface area contributed by atoms with E-state index in [1.54, 1.807) is 38.1 Å². The van der Waals surface area contributed by atoms with Gasteiger partial charge >= 0.3 is 5.91 Å². The number of carbonyl (C=O) groups is 1. The number of ether oxygens (including phenoxy) is 1. The molecule has 7 heteroatoms. The van der Waals surface area contributed by atoms with E-state index in [2.05, 4.69) is 10.6 Å². The lowest BCUT2D eigenvalue weighted by Gasteiger charge is -2.30. The molecule has 3 rings (SSSR count). The first-order valence-electron chi connectivity index (χ1n) is 7.07. The fourth-order valence-corrected chi connectivity index (χ4v) is 2.24. The number of hydrogen-bond donors (Lipinski definition) is 1. The van der Waals surface area contributed by atoms with Gasteiger partial charge in [0.25, 0.3) is 0 Å². The summed E-state index contributed by atoms with van der Waals surface area (Å²) in [6.07, 6.45) is 1.44. The summed E-state index contributed by atoms with van der Waals surface area (Å²) in [5.74, 6) is 0.889. The van der Waals surface area contributed by atoms with Crippen molar-refractivity contribution in [3.63, 3.8) is 0 Å². The maximum atomic E-state index is 12.3. The minimum atomic E-state index is -0.849. The number of hydrazine groups is 1. The molecular weight excluding hydrogens is 298 g/mol. The van der Waals surface area contributed by atoms with E-state index in [1.807, 2.05) is 24.3 Å². The van der Waals surface area contributed by atoms with Gasteiger partial charge in [0.1, 0.15) is 5.75 Å². The highest BCUT2D eigenvalue weighted by molar-refractivity contribution is 6.03. The minimum Gasteiger partial charge on any atom is -0.496 e. The Morgan fingerprint density at radius 2 is 2.04 bits per heavy atom. The molecule has 0 atom stereocenters. The molecule has 0 spiro atoms. The van der Waals surface area contributed by atoms with E-state index in [-0.39, 0.29) is 5.76 Å². The maximum Gasteiger partial charge on any atom is 0.305 e. The summed E-state index contributed by atoms with van der Waals surface area (Å²) < 4.78 is 10.5. The summed E-state index contributed by atoms with van der Waals surface area (Å²) >= 11 is 0. The summed E-state index contributed by atoms with van der Waals surface area (Å²) in [5.41, 5.74) is 2.62. The Bertz CT molecular complexity index is 738. The van der Waals surface area contributed by atoms with Crippen molar-refractivity contribution in [3.8, 4) is 5.75 Å². The van der Waals surface area contributed by atoms with Gasteiger partial charge in [0.2, 0.25) is 11.6 Å². The molecule has 0 fully saturated rings. The van der Waals surface area contributed by atoms with E-state index in [0.29, 0.717) is 17.1 Å². The Labute approximate surface area is 133 Å². The van der Waals surface area contributed by atoms with Gasteiger partial charge in [-0.05, 0) is 38.1 Å². The van der Waals surface area contributed by atoms with Crippen molar-refractivity contribution in [2.45, 2.75) is 19.6 Å². The van der Waals surface area contributed by atoms with Crippen LogP contribution in [0.5, 0.6) is 5.75 Å². The molecule has 1 aliphatic heterocycles. The number of nitrogens with zero attached hydrogens (tertiary/aromatic N) is 2. The molecule has 0 aliphatic carbocycles. The number of carbonyl (C=O) groups excluding carboxylic acids is 1. The van der Waals surface area contributed by atoms with Crippen LogP contribution in [-0.2, 0) is 4.84 Å². The second-order valence-corrected chi connectivity index (χ2v) is 5.41. The number of oxime groups is 1. The van der Waals surface area contributed by atoms with Gasteiger partial charge in [0, 0.05) is 0 Å². The van der Waals surface area contributed by atoms with Gasteiger partial charge in [-0.1, -0.05) is 17.3 Å². The lowest BCUT2D eigenvalue weighted by molar-refractivity contribution is -0.0826.